The Morgan fingerprint density at radius 2 is 1.35 bits per heavy atom. The van der Waals surface area contributed by atoms with E-state index in [1.807, 2.05) is 34.2 Å². The van der Waals surface area contributed by atoms with E-state index in [1.165, 1.54) is 42.3 Å². The molecule has 43 heavy (non-hydrogen) atoms. The van der Waals surface area contributed by atoms with E-state index in [0.29, 0.717) is 0 Å². The molecular formula is C37H20IrN3OS-. The Balaban J connectivity index is 0.00000260. The van der Waals surface area contributed by atoms with Gasteiger partial charge in [0.05, 0.1) is 16.6 Å². The topological polar surface area (TPSA) is 35.4 Å². The van der Waals surface area contributed by atoms with Crippen LogP contribution in [0.25, 0.3) is 86.4 Å². The second-order valence-electron chi connectivity index (χ2n) is 10.8. The molecule has 0 saturated heterocycles. The molecule has 5 heterocycles. The van der Waals surface area contributed by atoms with Crippen molar-refractivity contribution in [2.45, 2.75) is 0 Å². The number of fused-ring (bicyclic) bond motifs is 12. The molecule has 205 valence electrons. The third kappa shape index (κ3) is 3.43. The van der Waals surface area contributed by atoms with Crippen LogP contribution in [0.3, 0.4) is 0 Å². The maximum Gasteiger partial charge on any atom is 0.135 e. The monoisotopic (exact) mass is 747 g/mol. The quantitative estimate of drug-likeness (QED) is 0.165. The molecule has 0 bridgehead atoms. The Bertz CT molecular complexity index is 2660. The van der Waals surface area contributed by atoms with Gasteiger partial charge in [0, 0.05) is 63.1 Å². The Kier molecular flexibility index (Phi) is 5.27. The summed E-state index contributed by atoms with van der Waals surface area (Å²) in [6, 6.07) is 44.3. The zero-order chi connectivity index (χ0) is 27.4. The van der Waals surface area contributed by atoms with Crippen molar-refractivity contribution < 1.29 is 24.5 Å². The minimum Gasteiger partial charge on any atom is -0.456 e. The summed E-state index contributed by atoms with van der Waals surface area (Å²) < 4.78 is 11.9. The fourth-order valence-corrected chi connectivity index (χ4v) is 7.84. The van der Waals surface area contributed by atoms with E-state index in [-0.39, 0.29) is 20.1 Å². The Morgan fingerprint density at radius 3 is 2.16 bits per heavy atom. The van der Waals surface area contributed by atoms with E-state index in [2.05, 4.69) is 119 Å². The van der Waals surface area contributed by atoms with Gasteiger partial charge in [-0.25, -0.2) is 0 Å². The molecule has 0 saturated carbocycles. The standard InChI is InChI=1S/C37H20N3OS.Ir/c1-4-10-30-24(7-1)25-8-2-5-11-31(25)39(30)23-14-16-35-28(20-23)27-19-22(13-15-34(27)41-35)36-21-29-26-9-3-6-12-32(26)40-33(17-18-38-40)37(29)42-36;/h1-11,13-21H;/q-1;. The predicted molar refractivity (Wildman–Crippen MR) is 174 cm³/mol. The second kappa shape index (κ2) is 9.13. The molecule has 0 fully saturated rings. The molecule has 1 radical (unpaired) electrons. The van der Waals surface area contributed by atoms with Gasteiger partial charge in [-0.05, 0) is 71.7 Å². The first-order valence-corrected chi connectivity index (χ1v) is 14.8. The van der Waals surface area contributed by atoms with Gasteiger partial charge in [0.1, 0.15) is 11.2 Å². The second-order valence-corrected chi connectivity index (χ2v) is 11.8. The molecule has 0 aliphatic rings. The molecule has 5 aromatic carbocycles. The average Bonchev–Trinajstić information content (AvgIpc) is 3.83. The summed E-state index contributed by atoms with van der Waals surface area (Å²) in [4.78, 5) is 1.22. The summed E-state index contributed by atoms with van der Waals surface area (Å²) in [5.41, 5.74) is 8.61. The molecule has 0 aliphatic heterocycles. The molecule has 0 N–H and O–H groups in total. The number of aromatic nitrogens is 3. The van der Waals surface area contributed by atoms with Crippen LogP contribution in [0.5, 0.6) is 0 Å². The number of hydrogen-bond acceptors (Lipinski definition) is 3. The van der Waals surface area contributed by atoms with Gasteiger partial charge in [-0.3, -0.25) is 4.52 Å². The number of hydrogen-bond donors (Lipinski definition) is 0. The van der Waals surface area contributed by atoms with Crippen molar-refractivity contribution in [2.75, 3.05) is 0 Å². The van der Waals surface area contributed by atoms with Gasteiger partial charge in [-0.15, -0.1) is 16.7 Å². The minimum atomic E-state index is 0. The Labute approximate surface area is 262 Å². The van der Waals surface area contributed by atoms with Crippen LogP contribution in [0, 0.1) is 6.07 Å². The third-order valence-electron chi connectivity index (χ3n) is 8.52. The van der Waals surface area contributed by atoms with Crippen LogP contribution in [0.4, 0.5) is 0 Å². The number of rotatable bonds is 2. The van der Waals surface area contributed by atoms with Crippen LogP contribution in [0.15, 0.2) is 126 Å². The van der Waals surface area contributed by atoms with Gasteiger partial charge in [0.15, 0.2) is 0 Å². The van der Waals surface area contributed by atoms with Crippen molar-refractivity contribution in [1.29, 1.82) is 0 Å². The number of benzene rings is 5. The van der Waals surface area contributed by atoms with Gasteiger partial charge < -0.3 is 8.98 Å². The smallest absolute Gasteiger partial charge is 0.135 e. The zero-order valence-corrected chi connectivity index (χ0v) is 25.8. The van der Waals surface area contributed by atoms with Crippen molar-refractivity contribution in [3.63, 3.8) is 0 Å². The Morgan fingerprint density at radius 1 is 0.628 bits per heavy atom. The van der Waals surface area contributed by atoms with E-state index >= 15 is 0 Å². The zero-order valence-electron chi connectivity index (χ0n) is 22.5. The van der Waals surface area contributed by atoms with Crippen molar-refractivity contribution in [3.05, 3.63) is 128 Å². The summed E-state index contributed by atoms with van der Waals surface area (Å²) in [6.07, 6.45) is 1.87. The fraction of sp³-hybridized carbons (Fsp3) is 0. The molecule has 0 atom stereocenters. The number of thiophene rings is 1. The van der Waals surface area contributed by atoms with Crippen molar-refractivity contribution in [3.8, 4) is 16.1 Å². The van der Waals surface area contributed by atoms with Crippen LogP contribution in [-0.4, -0.2) is 14.2 Å². The molecule has 0 spiro atoms. The SMILES string of the molecule is [Ir].[c-]1cccc2c3cc(-c4ccc5oc6ccc(-n7c8ccccc8c8ccccc87)cc6c5c4)sc3c3ccnn3c12. The minimum absolute atomic E-state index is 0. The normalized spacial score (nSPS) is 12.0. The number of nitrogens with zero attached hydrogens (tertiary/aromatic N) is 3. The molecule has 6 heteroatoms. The molecule has 0 unspecified atom stereocenters. The van der Waals surface area contributed by atoms with E-state index < -0.39 is 0 Å². The first-order chi connectivity index (χ1) is 20.8. The summed E-state index contributed by atoms with van der Waals surface area (Å²) in [5.74, 6) is 0. The van der Waals surface area contributed by atoms with Gasteiger partial charge >= 0.3 is 0 Å². The molecule has 0 aliphatic carbocycles. The molecular weight excluding hydrogens is 727 g/mol. The van der Waals surface area contributed by atoms with Crippen LogP contribution in [-0.2, 0) is 20.1 Å². The van der Waals surface area contributed by atoms with Crippen molar-refractivity contribution >= 4 is 81.6 Å². The predicted octanol–water partition coefficient (Wildman–Crippen LogP) is 10.2. The molecule has 10 aromatic rings. The summed E-state index contributed by atoms with van der Waals surface area (Å²) in [6.45, 7) is 0. The number of furan rings is 1. The van der Waals surface area contributed by atoms with Gasteiger partial charge in [-0.2, -0.15) is 29.4 Å². The first-order valence-electron chi connectivity index (χ1n) is 14.0. The molecule has 5 aromatic heterocycles. The van der Waals surface area contributed by atoms with Gasteiger partial charge in [0.25, 0.3) is 0 Å². The van der Waals surface area contributed by atoms with E-state index in [9.17, 15) is 0 Å². The van der Waals surface area contributed by atoms with Crippen LogP contribution in [0.2, 0.25) is 0 Å². The van der Waals surface area contributed by atoms with E-state index in [4.69, 9.17) is 4.42 Å². The number of pyridine rings is 1. The molecule has 0 amide bonds. The van der Waals surface area contributed by atoms with Crippen LogP contribution >= 0.6 is 11.3 Å². The Hall–Kier alpha value is -4.74. The first kappa shape index (κ1) is 24.8. The summed E-state index contributed by atoms with van der Waals surface area (Å²) in [5, 5.41) is 11.7. The summed E-state index contributed by atoms with van der Waals surface area (Å²) in [7, 11) is 0. The number of para-hydroxylation sites is 3. The van der Waals surface area contributed by atoms with Gasteiger partial charge in [-0.1, -0.05) is 41.8 Å². The van der Waals surface area contributed by atoms with Crippen LogP contribution < -0.4 is 0 Å². The maximum absolute atomic E-state index is 6.33. The van der Waals surface area contributed by atoms with Crippen LogP contribution in [0.1, 0.15) is 0 Å². The maximum atomic E-state index is 6.33. The molecule has 10 rings (SSSR count). The average molecular weight is 747 g/mol. The summed E-state index contributed by atoms with van der Waals surface area (Å²) >= 11 is 1.81. The van der Waals surface area contributed by atoms with E-state index in [0.717, 1.165) is 44.0 Å². The fourth-order valence-electron chi connectivity index (χ4n) is 6.66. The third-order valence-corrected chi connectivity index (χ3v) is 9.73. The molecule has 4 nitrogen and oxygen atoms in total. The van der Waals surface area contributed by atoms with E-state index in [1.54, 1.807) is 0 Å². The van der Waals surface area contributed by atoms with Crippen molar-refractivity contribution in [1.82, 2.24) is 14.2 Å². The van der Waals surface area contributed by atoms with Gasteiger partial charge in [0.2, 0.25) is 0 Å². The largest absolute Gasteiger partial charge is 0.456 e. The van der Waals surface area contributed by atoms with Crippen molar-refractivity contribution in [2.24, 2.45) is 0 Å².